The van der Waals surface area contributed by atoms with Crippen molar-refractivity contribution in [1.29, 1.82) is 0 Å². The number of fused-ring (bicyclic) bond motifs is 1. The second kappa shape index (κ2) is 8.31. The lowest BCUT2D eigenvalue weighted by Crippen LogP contribution is -2.34. The van der Waals surface area contributed by atoms with Crippen LogP contribution in [0.25, 0.3) is 11.4 Å². The van der Waals surface area contributed by atoms with Crippen molar-refractivity contribution < 1.29 is 9.59 Å². The smallest absolute Gasteiger partial charge is 0.269 e. The van der Waals surface area contributed by atoms with E-state index in [4.69, 9.17) is 5.73 Å². The second-order valence-corrected chi connectivity index (χ2v) is 7.23. The normalized spacial score (nSPS) is 13.6. The summed E-state index contributed by atoms with van der Waals surface area (Å²) in [6.07, 6.45) is 1.77. The molecule has 0 radical (unpaired) electrons. The van der Waals surface area contributed by atoms with Crippen LogP contribution in [0.4, 0.5) is 0 Å². The summed E-state index contributed by atoms with van der Waals surface area (Å²) in [7, 11) is 0. The first kappa shape index (κ1) is 18.9. The Morgan fingerprint density at radius 1 is 0.931 bits per heavy atom. The van der Waals surface area contributed by atoms with Crippen LogP contribution in [0, 0.1) is 0 Å². The van der Waals surface area contributed by atoms with E-state index in [0.29, 0.717) is 38.2 Å². The van der Waals surface area contributed by atoms with E-state index in [9.17, 15) is 9.59 Å². The summed E-state index contributed by atoms with van der Waals surface area (Å²) in [5.74, 6) is 0.335. The number of aryl methyl sites for hydroxylation is 1. The molecule has 29 heavy (non-hydrogen) atoms. The molecule has 3 aromatic rings. The highest BCUT2D eigenvalue weighted by molar-refractivity contribution is 5.93. The lowest BCUT2D eigenvalue weighted by atomic mass is 10.1. The summed E-state index contributed by atoms with van der Waals surface area (Å²) in [5, 5.41) is 0. The molecule has 6 heteroatoms. The Bertz CT molecular complexity index is 1010. The first-order valence-corrected chi connectivity index (χ1v) is 9.90. The zero-order chi connectivity index (χ0) is 20.2. The van der Waals surface area contributed by atoms with E-state index >= 15 is 0 Å². The molecule has 0 saturated carbocycles. The number of benzene rings is 2. The third-order valence-electron chi connectivity index (χ3n) is 5.37. The molecule has 1 aliphatic heterocycles. The molecule has 148 valence electrons. The number of rotatable bonds is 5. The number of nitrogens with two attached hydrogens (primary N) is 1. The number of nitrogens with zero attached hydrogens (tertiary/aromatic N) is 3. The number of imidazole rings is 1. The molecule has 0 fully saturated rings. The van der Waals surface area contributed by atoms with Crippen LogP contribution in [0.1, 0.15) is 28.2 Å². The van der Waals surface area contributed by atoms with Crippen molar-refractivity contribution in [2.24, 2.45) is 5.73 Å². The molecule has 0 spiro atoms. The van der Waals surface area contributed by atoms with Crippen LogP contribution in [-0.2, 0) is 24.2 Å². The third-order valence-corrected chi connectivity index (χ3v) is 5.37. The van der Waals surface area contributed by atoms with Crippen molar-refractivity contribution in [3.8, 4) is 11.4 Å². The maximum atomic E-state index is 12.8. The van der Waals surface area contributed by atoms with Crippen molar-refractivity contribution in [1.82, 2.24) is 14.5 Å². The van der Waals surface area contributed by atoms with E-state index < -0.39 is 5.91 Å². The van der Waals surface area contributed by atoms with Crippen molar-refractivity contribution in [2.75, 3.05) is 13.1 Å². The second-order valence-electron chi connectivity index (χ2n) is 7.23. The SMILES string of the molecule is NC(=O)c1nc(-c2ccccc2)n2c1CCN(C(=O)CCc1ccccc1)CC2. The first-order valence-electron chi connectivity index (χ1n) is 9.90. The molecule has 1 aliphatic rings. The highest BCUT2D eigenvalue weighted by Gasteiger charge is 2.26. The number of amides is 2. The predicted molar refractivity (Wildman–Crippen MR) is 111 cm³/mol. The number of carbonyl (C=O) groups is 2. The molecular weight excluding hydrogens is 364 g/mol. The lowest BCUT2D eigenvalue weighted by Gasteiger charge is -2.20. The minimum absolute atomic E-state index is 0.134. The Labute approximate surface area is 170 Å². The number of primary amides is 1. The molecule has 2 heterocycles. The molecule has 2 aromatic carbocycles. The summed E-state index contributed by atoms with van der Waals surface area (Å²) < 4.78 is 2.04. The van der Waals surface area contributed by atoms with Crippen LogP contribution in [-0.4, -0.2) is 39.4 Å². The van der Waals surface area contributed by atoms with Gasteiger partial charge in [0, 0.05) is 38.0 Å². The van der Waals surface area contributed by atoms with Crippen LogP contribution in [0.2, 0.25) is 0 Å². The van der Waals surface area contributed by atoms with Crippen molar-refractivity contribution in [3.05, 3.63) is 77.6 Å². The number of hydrogen-bond acceptors (Lipinski definition) is 3. The molecule has 0 aliphatic carbocycles. The maximum absolute atomic E-state index is 12.8. The molecule has 0 atom stereocenters. The van der Waals surface area contributed by atoms with E-state index in [1.807, 2.05) is 70.1 Å². The van der Waals surface area contributed by atoms with Gasteiger partial charge in [0.05, 0.1) is 5.69 Å². The fraction of sp³-hybridized carbons (Fsp3) is 0.261. The Hall–Kier alpha value is -3.41. The molecule has 0 unspecified atom stereocenters. The predicted octanol–water partition coefficient (Wildman–Crippen LogP) is 2.67. The summed E-state index contributed by atoms with van der Waals surface area (Å²) in [4.78, 5) is 31.2. The molecular formula is C23H24N4O2. The molecule has 0 saturated heterocycles. The molecule has 2 amide bonds. The minimum Gasteiger partial charge on any atom is -0.364 e. The van der Waals surface area contributed by atoms with Gasteiger partial charge in [-0.25, -0.2) is 4.98 Å². The highest BCUT2D eigenvalue weighted by atomic mass is 16.2. The van der Waals surface area contributed by atoms with Crippen LogP contribution in [0.3, 0.4) is 0 Å². The third kappa shape index (κ3) is 4.06. The zero-order valence-electron chi connectivity index (χ0n) is 16.3. The van der Waals surface area contributed by atoms with Crippen LogP contribution in [0.5, 0.6) is 0 Å². The summed E-state index contributed by atoms with van der Waals surface area (Å²) in [6, 6.07) is 19.8. The van der Waals surface area contributed by atoms with Crippen LogP contribution >= 0.6 is 0 Å². The first-order chi connectivity index (χ1) is 14.1. The van der Waals surface area contributed by atoms with Gasteiger partial charge in [-0.1, -0.05) is 60.7 Å². The van der Waals surface area contributed by atoms with Crippen LogP contribution < -0.4 is 5.73 Å². The van der Waals surface area contributed by atoms with Gasteiger partial charge in [0.2, 0.25) is 5.91 Å². The van der Waals surface area contributed by atoms with Gasteiger partial charge in [0.15, 0.2) is 0 Å². The van der Waals surface area contributed by atoms with E-state index in [2.05, 4.69) is 4.98 Å². The molecule has 4 rings (SSSR count). The maximum Gasteiger partial charge on any atom is 0.269 e. The van der Waals surface area contributed by atoms with Gasteiger partial charge in [0.25, 0.3) is 5.91 Å². The zero-order valence-corrected chi connectivity index (χ0v) is 16.3. The summed E-state index contributed by atoms with van der Waals surface area (Å²) in [6.45, 7) is 1.75. The minimum atomic E-state index is -0.528. The standard InChI is InChI=1S/C23H24N4O2/c24-22(29)21-19-13-14-26(20(28)12-11-17-7-3-1-4-8-17)15-16-27(19)23(25-21)18-9-5-2-6-10-18/h1-10H,11-16H2,(H2,24,29). The van der Waals surface area contributed by atoms with Crippen molar-refractivity contribution in [2.45, 2.75) is 25.8 Å². The molecule has 0 bridgehead atoms. The Balaban J connectivity index is 1.52. The fourth-order valence-electron chi connectivity index (χ4n) is 3.86. The number of carbonyl (C=O) groups excluding carboxylic acids is 2. The van der Waals surface area contributed by atoms with Gasteiger partial charge in [-0.2, -0.15) is 0 Å². The lowest BCUT2D eigenvalue weighted by molar-refractivity contribution is -0.131. The van der Waals surface area contributed by atoms with Crippen molar-refractivity contribution in [3.63, 3.8) is 0 Å². The number of aromatic nitrogens is 2. The molecule has 1 aromatic heterocycles. The van der Waals surface area contributed by atoms with E-state index in [1.165, 1.54) is 0 Å². The van der Waals surface area contributed by atoms with E-state index in [1.54, 1.807) is 0 Å². The van der Waals surface area contributed by atoms with Gasteiger partial charge in [-0.15, -0.1) is 0 Å². The van der Waals surface area contributed by atoms with Gasteiger partial charge < -0.3 is 15.2 Å². The largest absolute Gasteiger partial charge is 0.364 e. The van der Waals surface area contributed by atoms with Crippen LogP contribution in [0.15, 0.2) is 60.7 Å². The Morgan fingerprint density at radius 2 is 1.62 bits per heavy atom. The Kier molecular flexibility index (Phi) is 5.42. The van der Waals surface area contributed by atoms with E-state index in [-0.39, 0.29) is 5.91 Å². The molecule has 2 N–H and O–H groups in total. The summed E-state index contributed by atoms with van der Waals surface area (Å²) in [5.41, 5.74) is 8.81. The number of hydrogen-bond donors (Lipinski definition) is 1. The van der Waals surface area contributed by atoms with Gasteiger partial charge in [0.1, 0.15) is 11.5 Å². The highest BCUT2D eigenvalue weighted by Crippen LogP contribution is 2.25. The topological polar surface area (TPSA) is 81.2 Å². The van der Waals surface area contributed by atoms with Gasteiger partial charge >= 0.3 is 0 Å². The molecule has 6 nitrogen and oxygen atoms in total. The average molecular weight is 388 g/mol. The Morgan fingerprint density at radius 3 is 2.31 bits per heavy atom. The van der Waals surface area contributed by atoms with Gasteiger partial charge in [-0.3, -0.25) is 9.59 Å². The van der Waals surface area contributed by atoms with Gasteiger partial charge in [-0.05, 0) is 12.0 Å². The monoisotopic (exact) mass is 388 g/mol. The van der Waals surface area contributed by atoms with Crippen molar-refractivity contribution >= 4 is 11.8 Å². The summed E-state index contributed by atoms with van der Waals surface area (Å²) >= 11 is 0. The van der Waals surface area contributed by atoms with E-state index in [0.717, 1.165) is 29.1 Å². The fourth-order valence-corrected chi connectivity index (χ4v) is 3.86. The quantitative estimate of drug-likeness (QED) is 0.730. The average Bonchev–Trinajstić information content (AvgIpc) is 2.98.